The fourth-order valence-corrected chi connectivity index (χ4v) is 5.18. The van der Waals surface area contributed by atoms with Gasteiger partial charge in [0, 0.05) is 12.6 Å². The lowest BCUT2D eigenvalue weighted by atomic mass is 10.1. The van der Waals surface area contributed by atoms with Crippen LogP contribution in [0.3, 0.4) is 0 Å². The number of hydrogen-bond acceptors (Lipinski definition) is 4. The normalized spacial score (nSPS) is 13.1. The van der Waals surface area contributed by atoms with E-state index >= 15 is 0 Å². The molecule has 0 aliphatic rings. The van der Waals surface area contributed by atoms with E-state index in [-0.39, 0.29) is 39.2 Å². The lowest BCUT2D eigenvalue weighted by molar-refractivity contribution is -0.140. The Morgan fingerprint density at radius 2 is 1.61 bits per heavy atom. The second kappa shape index (κ2) is 13.0. The minimum absolute atomic E-state index is 0.0228. The molecule has 2 aromatic carbocycles. The Labute approximate surface area is 228 Å². The van der Waals surface area contributed by atoms with E-state index < -0.39 is 28.5 Å². The van der Waals surface area contributed by atoms with Gasteiger partial charge in [0.2, 0.25) is 21.8 Å². The van der Waals surface area contributed by atoms with E-state index in [0.29, 0.717) is 6.42 Å². The third-order valence-corrected chi connectivity index (χ3v) is 8.08. The van der Waals surface area contributed by atoms with Crippen LogP contribution in [0.5, 0.6) is 0 Å². The summed E-state index contributed by atoms with van der Waals surface area (Å²) >= 11 is 18.4. The van der Waals surface area contributed by atoms with Crippen molar-refractivity contribution in [3.05, 3.63) is 62.6 Å². The molecular weight excluding hydrogens is 545 g/mol. The summed E-state index contributed by atoms with van der Waals surface area (Å²) in [7, 11) is -3.96. The highest BCUT2D eigenvalue weighted by Crippen LogP contribution is 2.35. The summed E-state index contributed by atoms with van der Waals surface area (Å²) in [6, 6.07) is 9.26. The topological polar surface area (TPSA) is 86.8 Å². The van der Waals surface area contributed by atoms with Gasteiger partial charge in [-0.2, -0.15) is 0 Å². The number of amides is 2. The van der Waals surface area contributed by atoms with Crippen LogP contribution >= 0.6 is 34.8 Å². The molecule has 0 radical (unpaired) electrons. The predicted molar refractivity (Wildman–Crippen MR) is 147 cm³/mol. The quantitative estimate of drug-likeness (QED) is 0.361. The Bertz CT molecular complexity index is 1210. The van der Waals surface area contributed by atoms with Crippen molar-refractivity contribution in [2.45, 2.75) is 59.2 Å². The first kappa shape index (κ1) is 30.2. The number of carbonyl (C=O) groups is 2. The predicted octanol–water partition coefficient (Wildman–Crippen LogP) is 5.44. The molecule has 0 aromatic heterocycles. The van der Waals surface area contributed by atoms with Gasteiger partial charge in [-0.15, -0.1) is 0 Å². The van der Waals surface area contributed by atoms with Gasteiger partial charge in [-0.3, -0.25) is 13.9 Å². The Hall–Kier alpha value is -2.00. The molecule has 0 spiro atoms. The van der Waals surface area contributed by atoms with Crippen molar-refractivity contribution in [1.29, 1.82) is 0 Å². The third-order valence-electron chi connectivity index (χ3n) is 5.93. The van der Waals surface area contributed by atoms with Crippen molar-refractivity contribution < 1.29 is 18.0 Å². The van der Waals surface area contributed by atoms with E-state index in [2.05, 4.69) is 5.32 Å². The van der Waals surface area contributed by atoms with Gasteiger partial charge in [-0.1, -0.05) is 72.9 Å². The summed E-state index contributed by atoms with van der Waals surface area (Å²) in [5.41, 5.74) is 1.81. The van der Waals surface area contributed by atoms with Gasteiger partial charge >= 0.3 is 0 Å². The zero-order valence-corrected chi connectivity index (χ0v) is 24.1. The molecule has 198 valence electrons. The maximum Gasteiger partial charge on any atom is 0.244 e. The van der Waals surface area contributed by atoms with Crippen molar-refractivity contribution in [1.82, 2.24) is 10.2 Å². The SMILES string of the molecule is CC[C@@H](C)NC(=O)[C@H](CC)N(Cc1ccccc1C)C(=O)CN(c1cc(Cl)c(Cl)cc1Cl)S(C)(=O)=O. The van der Waals surface area contributed by atoms with Gasteiger partial charge in [-0.25, -0.2) is 8.42 Å². The summed E-state index contributed by atoms with van der Waals surface area (Å²) < 4.78 is 26.4. The molecule has 36 heavy (non-hydrogen) atoms. The average molecular weight is 577 g/mol. The lowest BCUT2D eigenvalue weighted by Crippen LogP contribution is -2.53. The average Bonchev–Trinajstić information content (AvgIpc) is 2.80. The van der Waals surface area contributed by atoms with Crippen molar-refractivity contribution in [3.8, 4) is 0 Å². The highest BCUT2D eigenvalue weighted by atomic mass is 35.5. The summed E-state index contributed by atoms with van der Waals surface area (Å²) in [5, 5.41) is 3.20. The summed E-state index contributed by atoms with van der Waals surface area (Å²) in [6.07, 6.45) is 2.04. The van der Waals surface area contributed by atoms with E-state index in [1.54, 1.807) is 0 Å². The number of nitrogens with one attached hydrogen (secondary N) is 1. The fraction of sp³-hybridized carbons (Fsp3) is 0.440. The first-order valence-corrected chi connectivity index (χ1v) is 14.5. The lowest BCUT2D eigenvalue weighted by Gasteiger charge is -2.34. The van der Waals surface area contributed by atoms with Crippen LogP contribution < -0.4 is 9.62 Å². The first-order valence-electron chi connectivity index (χ1n) is 11.6. The van der Waals surface area contributed by atoms with Crippen LogP contribution in [0.25, 0.3) is 0 Å². The molecule has 11 heteroatoms. The number of rotatable bonds is 11. The van der Waals surface area contributed by atoms with E-state index in [1.165, 1.54) is 17.0 Å². The third kappa shape index (κ3) is 7.75. The second-order valence-electron chi connectivity index (χ2n) is 8.68. The molecule has 2 atom stereocenters. The van der Waals surface area contributed by atoms with Crippen molar-refractivity contribution >= 4 is 62.3 Å². The van der Waals surface area contributed by atoms with Gasteiger partial charge in [0.05, 0.1) is 27.0 Å². The Morgan fingerprint density at radius 3 is 2.17 bits per heavy atom. The first-order chi connectivity index (χ1) is 16.8. The highest BCUT2D eigenvalue weighted by Gasteiger charge is 2.33. The largest absolute Gasteiger partial charge is 0.352 e. The van der Waals surface area contributed by atoms with Crippen LogP contribution in [0, 0.1) is 6.92 Å². The molecule has 0 bridgehead atoms. The number of nitrogens with zero attached hydrogens (tertiary/aromatic N) is 2. The van der Waals surface area contributed by atoms with Crippen LogP contribution in [0.2, 0.25) is 15.1 Å². The highest BCUT2D eigenvalue weighted by molar-refractivity contribution is 7.92. The molecule has 0 aliphatic carbocycles. The van der Waals surface area contributed by atoms with Crippen LogP contribution in [-0.4, -0.2) is 50.0 Å². The number of aryl methyl sites for hydroxylation is 1. The molecule has 0 saturated heterocycles. The van der Waals surface area contributed by atoms with Gasteiger partial charge in [0.25, 0.3) is 0 Å². The maximum absolute atomic E-state index is 13.8. The van der Waals surface area contributed by atoms with Gasteiger partial charge < -0.3 is 10.2 Å². The molecular formula is C25H32Cl3N3O4S. The van der Waals surface area contributed by atoms with E-state index in [0.717, 1.165) is 28.1 Å². The smallest absolute Gasteiger partial charge is 0.244 e. The zero-order valence-electron chi connectivity index (χ0n) is 21.0. The molecule has 2 rings (SSSR count). The number of anilines is 1. The summed E-state index contributed by atoms with van der Waals surface area (Å²) in [6.45, 7) is 7.11. The van der Waals surface area contributed by atoms with Crippen LogP contribution in [0.1, 0.15) is 44.7 Å². The van der Waals surface area contributed by atoms with Gasteiger partial charge in [-0.05, 0) is 49.9 Å². The van der Waals surface area contributed by atoms with Crippen LogP contribution in [0.4, 0.5) is 5.69 Å². The van der Waals surface area contributed by atoms with Crippen LogP contribution in [0.15, 0.2) is 36.4 Å². The molecule has 0 aliphatic heterocycles. The van der Waals surface area contributed by atoms with Gasteiger partial charge in [0.15, 0.2) is 0 Å². The fourth-order valence-electron chi connectivity index (χ4n) is 3.63. The monoisotopic (exact) mass is 575 g/mol. The summed E-state index contributed by atoms with van der Waals surface area (Å²) in [5.74, 6) is -0.857. The Kier molecular flexibility index (Phi) is 10.9. The molecule has 0 fully saturated rings. The number of carbonyl (C=O) groups excluding carboxylic acids is 2. The molecule has 2 amide bonds. The van der Waals surface area contributed by atoms with Crippen LogP contribution in [-0.2, 0) is 26.2 Å². The maximum atomic E-state index is 13.8. The Morgan fingerprint density at radius 1 is 1.00 bits per heavy atom. The number of sulfonamides is 1. The number of benzene rings is 2. The molecule has 0 heterocycles. The van der Waals surface area contributed by atoms with E-state index in [9.17, 15) is 18.0 Å². The zero-order chi connectivity index (χ0) is 27.2. The molecule has 1 N–H and O–H groups in total. The van der Waals surface area contributed by atoms with E-state index in [4.69, 9.17) is 34.8 Å². The van der Waals surface area contributed by atoms with E-state index in [1.807, 2.05) is 52.0 Å². The number of halogens is 3. The van der Waals surface area contributed by atoms with Crippen molar-refractivity contribution in [3.63, 3.8) is 0 Å². The molecule has 2 aromatic rings. The standard InChI is InChI=1S/C25H32Cl3N3O4S/c1-6-17(4)29-25(33)22(7-2)30(14-18-11-9-8-10-16(18)3)24(32)15-31(36(5,34)35)23-13-20(27)19(26)12-21(23)28/h8-13,17,22H,6-7,14-15H2,1-5H3,(H,29,33)/t17-,22+/m1/s1. The second-order valence-corrected chi connectivity index (χ2v) is 11.8. The Balaban J connectivity index is 2.52. The summed E-state index contributed by atoms with van der Waals surface area (Å²) in [4.78, 5) is 28.3. The molecule has 7 nitrogen and oxygen atoms in total. The minimum atomic E-state index is -3.96. The molecule has 0 saturated carbocycles. The number of hydrogen-bond donors (Lipinski definition) is 1. The van der Waals surface area contributed by atoms with Gasteiger partial charge in [0.1, 0.15) is 12.6 Å². The minimum Gasteiger partial charge on any atom is -0.352 e. The van der Waals surface area contributed by atoms with Crippen molar-refractivity contribution in [2.24, 2.45) is 0 Å². The van der Waals surface area contributed by atoms with Crippen molar-refractivity contribution in [2.75, 3.05) is 17.1 Å². The molecule has 0 unspecified atom stereocenters.